The molecule has 0 bridgehead atoms. The summed E-state index contributed by atoms with van der Waals surface area (Å²) in [6.45, 7) is 6.19. The number of amides is 1. The molecule has 176 valence electrons. The number of carbonyl (C=O) groups excluding carboxylic acids is 1. The van der Waals surface area contributed by atoms with Gasteiger partial charge in [-0.2, -0.15) is 0 Å². The number of nitrogens with zero attached hydrogens (tertiary/aromatic N) is 1. The van der Waals surface area contributed by atoms with Gasteiger partial charge in [-0.25, -0.2) is 0 Å². The molecule has 5 nitrogen and oxygen atoms in total. The molecular formula is C28H36N2O3. The van der Waals surface area contributed by atoms with Gasteiger partial charge in [0.2, 0.25) is 5.91 Å². The van der Waals surface area contributed by atoms with Crippen LogP contribution < -0.4 is 5.32 Å². The molecule has 2 aliphatic rings. The third-order valence-electron chi connectivity index (χ3n) is 7.71. The van der Waals surface area contributed by atoms with Crippen LogP contribution in [-0.2, 0) is 21.4 Å². The monoisotopic (exact) mass is 448 g/mol. The number of carboxylic acids is 1. The molecule has 1 saturated heterocycles. The van der Waals surface area contributed by atoms with Gasteiger partial charge in [0.1, 0.15) is 6.04 Å². The maximum absolute atomic E-state index is 13.1. The lowest BCUT2D eigenvalue weighted by molar-refractivity contribution is -0.142. The van der Waals surface area contributed by atoms with E-state index in [1.54, 1.807) is 0 Å². The van der Waals surface area contributed by atoms with Gasteiger partial charge >= 0.3 is 5.97 Å². The normalized spacial score (nSPS) is 21.1. The molecule has 1 saturated carbocycles. The van der Waals surface area contributed by atoms with E-state index in [4.69, 9.17) is 0 Å². The van der Waals surface area contributed by atoms with E-state index in [0.29, 0.717) is 6.04 Å². The maximum Gasteiger partial charge on any atom is 0.325 e. The van der Waals surface area contributed by atoms with Gasteiger partial charge in [0.25, 0.3) is 0 Å². The molecule has 1 unspecified atom stereocenters. The first kappa shape index (κ1) is 23.5. The zero-order chi connectivity index (χ0) is 23.4. The molecule has 1 heterocycles. The number of likely N-dealkylation sites (tertiary alicyclic amines) is 1. The van der Waals surface area contributed by atoms with Crippen LogP contribution >= 0.6 is 0 Å². The smallest absolute Gasteiger partial charge is 0.325 e. The zero-order valence-electron chi connectivity index (χ0n) is 19.8. The van der Waals surface area contributed by atoms with Gasteiger partial charge in [-0.15, -0.1) is 0 Å². The van der Waals surface area contributed by atoms with E-state index >= 15 is 0 Å². The van der Waals surface area contributed by atoms with Crippen molar-refractivity contribution < 1.29 is 14.7 Å². The molecule has 2 fully saturated rings. The van der Waals surface area contributed by atoms with Crippen LogP contribution in [0, 0.1) is 0 Å². The summed E-state index contributed by atoms with van der Waals surface area (Å²) < 4.78 is 0. The second-order valence-electron chi connectivity index (χ2n) is 9.87. The van der Waals surface area contributed by atoms with Gasteiger partial charge in [0.05, 0.1) is 5.41 Å². The number of carboxylic acid groups (broad SMARTS) is 1. The number of hydrogen-bond acceptors (Lipinski definition) is 3. The SMILES string of the molecule is CC1CCCN1CCc1ccc(-c2ccc(C3(C(=O)N[C@H](C)C(=O)O)CCCC3)cc2)cc1. The van der Waals surface area contributed by atoms with Crippen molar-refractivity contribution in [3.05, 3.63) is 59.7 Å². The Morgan fingerprint density at radius 2 is 1.64 bits per heavy atom. The van der Waals surface area contributed by atoms with Crippen LogP contribution in [0.4, 0.5) is 0 Å². The minimum Gasteiger partial charge on any atom is -0.480 e. The second kappa shape index (κ2) is 10.1. The number of nitrogens with one attached hydrogen (secondary N) is 1. The minimum absolute atomic E-state index is 0.167. The lowest BCUT2D eigenvalue weighted by Gasteiger charge is -2.29. The van der Waals surface area contributed by atoms with Crippen molar-refractivity contribution in [3.63, 3.8) is 0 Å². The average molecular weight is 449 g/mol. The highest BCUT2D eigenvalue weighted by Gasteiger charge is 2.43. The van der Waals surface area contributed by atoms with Crippen LogP contribution in [0.5, 0.6) is 0 Å². The third kappa shape index (κ3) is 5.14. The Kier molecular flexibility index (Phi) is 7.18. The first-order valence-electron chi connectivity index (χ1n) is 12.4. The molecule has 33 heavy (non-hydrogen) atoms. The summed E-state index contributed by atoms with van der Waals surface area (Å²) in [4.78, 5) is 26.9. The van der Waals surface area contributed by atoms with E-state index in [1.165, 1.54) is 37.4 Å². The molecule has 1 amide bonds. The van der Waals surface area contributed by atoms with E-state index < -0.39 is 17.4 Å². The fourth-order valence-corrected chi connectivity index (χ4v) is 5.47. The lowest BCUT2D eigenvalue weighted by Crippen LogP contribution is -2.48. The predicted octanol–water partition coefficient (Wildman–Crippen LogP) is 4.78. The molecule has 1 aliphatic carbocycles. The number of rotatable bonds is 8. The van der Waals surface area contributed by atoms with Crippen LogP contribution in [0.2, 0.25) is 0 Å². The van der Waals surface area contributed by atoms with Crippen LogP contribution in [0.3, 0.4) is 0 Å². The van der Waals surface area contributed by atoms with E-state index in [0.717, 1.165) is 49.8 Å². The summed E-state index contributed by atoms with van der Waals surface area (Å²) >= 11 is 0. The Morgan fingerprint density at radius 3 is 2.18 bits per heavy atom. The number of aliphatic carboxylic acids is 1. The van der Waals surface area contributed by atoms with Crippen LogP contribution in [0.1, 0.15) is 63.5 Å². The molecule has 0 aromatic heterocycles. The summed E-state index contributed by atoms with van der Waals surface area (Å²) in [5.41, 5.74) is 4.02. The molecule has 2 aromatic carbocycles. The van der Waals surface area contributed by atoms with Crippen LogP contribution in [0.15, 0.2) is 48.5 Å². The predicted molar refractivity (Wildman–Crippen MR) is 131 cm³/mol. The molecule has 2 N–H and O–H groups in total. The molecule has 2 aromatic rings. The van der Waals surface area contributed by atoms with Crippen LogP contribution in [0.25, 0.3) is 11.1 Å². The summed E-state index contributed by atoms with van der Waals surface area (Å²) in [5, 5.41) is 11.9. The topological polar surface area (TPSA) is 69.6 Å². The Balaban J connectivity index is 1.44. The average Bonchev–Trinajstić information content (AvgIpc) is 3.48. The van der Waals surface area contributed by atoms with E-state index in [1.807, 2.05) is 12.1 Å². The van der Waals surface area contributed by atoms with Crippen molar-refractivity contribution in [1.82, 2.24) is 10.2 Å². The molecule has 2 atom stereocenters. The van der Waals surface area contributed by atoms with Gasteiger partial charge in [0.15, 0.2) is 0 Å². The Bertz CT molecular complexity index is 962. The van der Waals surface area contributed by atoms with Gasteiger partial charge < -0.3 is 15.3 Å². The zero-order valence-corrected chi connectivity index (χ0v) is 19.8. The standard InChI is InChI=1S/C28H36N2O3/c1-20-6-5-18-30(20)19-15-22-7-9-23(10-8-22)24-11-13-25(14-12-24)28(16-3-4-17-28)27(33)29-21(2)26(31)32/h7-14,20-21H,3-6,15-19H2,1-2H3,(H,29,33)(H,31,32)/t20?,21-/m1/s1. The van der Waals surface area contributed by atoms with Crippen molar-refractivity contribution in [2.75, 3.05) is 13.1 Å². The molecular weight excluding hydrogens is 412 g/mol. The maximum atomic E-state index is 13.1. The lowest BCUT2D eigenvalue weighted by atomic mass is 9.77. The van der Waals surface area contributed by atoms with E-state index in [9.17, 15) is 14.7 Å². The van der Waals surface area contributed by atoms with Crippen molar-refractivity contribution in [2.24, 2.45) is 0 Å². The fourth-order valence-electron chi connectivity index (χ4n) is 5.47. The number of benzene rings is 2. The number of carbonyl (C=O) groups is 2. The van der Waals surface area contributed by atoms with Gasteiger partial charge in [0, 0.05) is 12.6 Å². The largest absolute Gasteiger partial charge is 0.480 e. The first-order valence-corrected chi connectivity index (χ1v) is 12.4. The molecule has 4 rings (SSSR count). The highest BCUT2D eigenvalue weighted by Crippen LogP contribution is 2.42. The Hall–Kier alpha value is -2.66. The summed E-state index contributed by atoms with van der Waals surface area (Å²) in [7, 11) is 0. The number of hydrogen-bond donors (Lipinski definition) is 2. The van der Waals surface area contributed by atoms with E-state index in [2.05, 4.69) is 53.5 Å². The van der Waals surface area contributed by atoms with Crippen molar-refractivity contribution in [3.8, 4) is 11.1 Å². The summed E-state index contributed by atoms with van der Waals surface area (Å²) in [6, 6.07) is 16.9. The molecule has 0 radical (unpaired) electrons. The Morgan fingerprint density at radius 1 is 1.03 bits per heavy atom. The minimum atomic E-state index is -1.01. The van der Waals surface area contributed by atoms with E-state index in [-0.39, 0.29) is 5.91 Å². The van der Waals surface area contributed by atoms with Crippen molar-refractivity contribution in [1.29, 1.82) is 0 Å². The molecule has 1 aliphatic heterocycles. The quantitative estimate of drug-likeness (QED) is 0.610. The molecule has 0 spiro atoms. The molecule has 5 heteroatoms. The fraction of sp³-hybridized carbons (Fsp3) is 0.500. The van der Waals surface area contributed by atoms with Gasteiger partial charge in [-0.3, -0.25) is 9.59 Å². The first-order chi connectivity index (χ1) is 15.9. The highest BCUT2D eigenvalue weighted by atomic mass is 16.4. The van der Waals surface area contributed by atoms with Gasteiger partial charge in [-0.1, -0.05) is 61.4 Å². The van der Waals surface area contributed by atoms with Crippen LogP contribution in [-0.4, -0.2) is 47.1 Å². The van der Waals surface area contributed by atoms with Crippen molar-refractivity contribution >= 4 is 11.9 Å². The third-order valence-corrected chi connectivity index (χ3v) is 7.71. The Labute approximate surface area is 197 Å². The van der Waals surface area contributed by atoms with Gasteiger partial charge in [-0.05, 0) is 74.8 Å². The van der Waals surface area contributed by atoms with Crippen molar-refractivity contribution in [2.45, 2.75) is 76.3 Å². The summed E-state index contributed by atoms with van der Waals surface area (Å²) in [6.07, 6.45) is 7.19. The highest BCUT2D eigenvalue weighted by molar-refractivity contribution is 5.91. The second-order valence-corrected chi connectivity index (χ2v) is 9.87. The summed E-state index contributed by atoms with van der Waals surface area (Å²) in [5.74, 6) is -1.18.